The Kier molecular flexibility index (Phi) is 3.66. The Morgan fingerprint density at radius 1 is 1.39 bits per heavy atom. The first-order chi connectivity index (χ1) is 8.65. The van der Waals surface area contributed by atoms with Crippen molar-refractivity contribution in [3.63, 3.8) is 0 Å². The second kappa shape index (κ2) is 5.11. The van der Waals surface area contributed by atoms with E-state index in [1.165, 1.54) is 5.56 Å². The van der Waals surface area contributed by atoms with Gasteiger partial charge in [-0.1, -0.05) is 0 Å². The number of aliphatic hydroxyl groups excluding tert-OH is 1. The van der Waals surface area contributed by atoms with Crippen molar-refractivity contribution in [2.75, 3.05) is 6.61 Å². The number of aliphatic hydroxyl groups is 1. The summed E-state index contributed by atoms with van der Waals surface area (Å²) in [5.74, 6) is 0.866. The molecule has 3 rings (SSSR count). The maximum absolute atomic E-state index is 10.5. The average Bonchev–Trinajstić information content (AvgIpc) is 2.95. The Hall–Kier alpha value is -0.110. The van der Waals surface area contributed by atoms with Crippen molar-refractivity contribution in [1.29, 1.82) is 0 Å². The highest BCUT2D eigenvalue weighted by Crippen LogP contribution is 2.39. The molecule has 0 bridgehead atoms. The highest BCUT2D eigenvalue weighted by molar-refractivity contribution is 14.1. The minimum Gasteiger partial charge on any atom is -0.493 e. The van der Waals surface area contributed by atoms with E-state index in [1.807, 2.05) is 17.5 Å². The van der Waals surface area contributed by atoms with Crippen LogP contribution in [0.1, 0.15) is 22.8 Å². The Morgan fingerprint density at radius 2 is 2.22 bits per heavy atom. The molecule has 1 aromatic carbocycles. The summed E-state index contributed by atoms with van der Waals surface area (Å²) in [4.78, 5) is 0. The Labute approximate surface area is 131 Å². The Bertz CT molecular complexity index is 597. The highest BCUT2D eigenvalue weighted by Gasteiger charge is 2.23. The molecular formula is C13H10BrIO2S. The maximum atomic E-state index is 10.5. The third kappa shape index (κ3) is 2.33. The number of halogens is 2. The molecule has 94 valence electrons. The van der Waals surface area contributed by atoms with E-state index in [1.54, 1.807) is 11.3 Å². The van der Waals surface area contributed by atoms with Crippen molar-refractivity contribution < 1.29 is 9.84 Å². The molecule has 0 saturated heterocycles. The molecule has 1 aromatic heterocycles. The van der Waals surface area contributed by atoms with Crippen molar-refractivity contribution in [2.45, 2.75) is 12.5 Å². The number of benzene rings is 1. The predicted octanol–water partition coefficient (Wildman–Crippen LogP) is 4.13. The molecule has 1 aliphatic rings. The third-order valence-electron chi connectivity index (χ3n) is 2.98. The molecule has 1 atom stereocenters. The van der Waals surface area contributed by atoms with E-state index in [-0.39, 0.29) is 0 Å². The molecule has 18 heavy (non-hydrogen) atoms. The topological polar surface area (TPSA) is 29.5 Å². The van der Waals surface area contributed by atoms with Gasteiger partial charge in [-0.25, -0.2) is 0 Å². The molecule has 0 spiro atoms. The van der Waals surface area contributed by atoms with Gasteiger partial charge in [-0.05, 0) is 73.2 Å². The molecule has 5 heteroatoms. The van der Waals surface area contributed by atoms with Crippen LogP contribution in [0.15, 0.2) is 27.4 Å². The molecule has 2 nitrogen and oxygen atoms in total. The predicted molar refractivity (Wildman–Crippen MR) is 84.4 cm³/mol. The molecular weight excluding hydrogens is 427 g/mol. The van der Waals surface area contributed by atoms with Crippen molar-refractivity contribution in [1.82, 2.24) is 0 Å². The zero-order valence-corrected chi connectivity index (χ0v) is 13.9. The summed E-state index contributed by atoms with van der Waals surface area (Å²) in [5, 5.41) is 12.5. The minimum absolute atomic E-state index is 0.617. The van der Waals surface area contributed by atoms with Gasteiger partial charge in [0.25, 0.3) is 0 Å². The first-order valence-electron chi connectivity index (χ1n) is 5.52. The number of hydrogen-bond donors (Lipinski definition) is 1. The lowest BCUT2D eigenvalue weighted by atomic mass is 10.0. The fourth-order valence-corrected chi connectivity index (χ4v) is 4.05. The zero-order valence-electron chi connectivity index (χ0n) is 9.32. The lowest BCUT2D eigenvalue weighted by Crippen LogP contribution is -2.01. The molecule has 0 radical (unpaired) electrons. The smallest absolute Gasteiger partial charge is 0.128 e. The molecule has 2 aromatic rings. The maximum Gasteiger partial charge on any atom is 0.128 e. The quantitative estimate of drug-likeness (QED) is 0.717. The molecule has 0 saturated carbocycles. The van der Waals surface area contributed by atoms with Crippen LogP contribution in [0.4, 0.5) is 0 Å². The summed E-state index contributed by atoms with van der Waals surface area (Å²) in [7, 11) is 0. The van der Waals surface area contributed by atoms with Gasteiger partial charge < -0.3 is 9.84 Å². The molecule has 1 unspecified atom stereocenters. The fourth-order valence-electron chi connectivity index (χ4n) is 2.15. The largest absolute Gasteiger partial charge is 0.493 e. The lowest BCUT2D eigenvalue weighted by Gasteiger charge is -2.14. The van der Waals surface area contributed by atoms with Gasteiger partial charge in [0.15, 0.2) is 0 Å². The van der Waals surface area contributed by atoms with Gasteiger partial charge in [0, 0.05) is 15.6 Å². The zero-order chi connectivity index (χ0) is 12.7. The number of fused-ring (bicyclic) bond motifs is 1. The van der Waals surface area contributed by atoms with Gasteiger partial charge in [-0.2, -0.15) is 0 Å². The van der Waals surface area contributed by atoms with Gasteiger partial charge >= 0.3 is 0 Å². The highest BCUT2D eigenvalue weighted by atomic mass is 127. The van der Waals surface area contributed by atoms with Crippen LogP contribution in [0.3, 0.4) is 0 Å². The first-order valence-corrected chi connectivity index (χ1v) is 8.27. The van der Waals surface area contributed by atoms with Gasteiger partial charge in [0.05, 0.1) is 10.4 Å². The van der Waals surface area contributed by atoms with E-state index in [9.17, 15) is 5.11 Å². The van der Waals surface area contributed by atoms with Crippen molar-refractivity contribution in [2.24, 2.45) is 0 Å². The van der Waals surface area contributed by atoms with E-state index in [2.05, 4.69) is 44.6 Å². The summed E-state index contributed by atoms with van der Waals surface area (Å²) in [6.07, 6.45) is 0.313. The van der Waals surface area contributed by atoms with Crippen molar-refractivity contribution in [3.8, 4) is 5.75 Å². The second-order valence-corrected chi connectivity index (χ2v) is 7.70. The van der Waals surface area contributed by atoms with Crippen LogP contribution in [0, 0.1) is 3.57 Å². The van der Waals surface area contributed by atoms with Gasteiger partial charge in [0.1, 0.15) is 11.9 Å². The van der Waals surface area contributed by atoms with Crippen molar-refractivity contribution >= 4 is 49.9 Å². The molecule has 1 N–H and O–H groups in total. The van der Waals surface area contributed by atoms with Gasteiger partial charge in [-0.15, -0.1) is 11.3 Å². The number of thiophene rings is 1. The minimum atomic E-state index is -0.617. The fraction of sp³-hybridized carbons (Fsp3) is 0.231. The van der Waals surface area contributed by atoms with Gasteiger partial charge in [0.2, 0.25) is 0 Å². The van der Waals surface area contributed by atoms with E-state index in [4.69, 9.17) is 4.74 Å². The SMILES string of the molecule is OC(c1csc(Br)c1)c1cc(I)cc2c1OCC2. The lowest BCUT2D eigenvalue weighted by molar-refractivity contribution is 0.214. The van der Waals surface area contributed by atoms with E-state index < -0.39 is 6.10 Å². The van der Waals surface area contributed by atoms with Gasteiger partial charge in [-0.3, -0.25) is 0 Å². The summed E-state index contributed by atoms with van der Waals surface area (Å²) in [6, 6.07) is 6.08. The standard InChI is InChI=1S/C13H10BrIO2S/c14-11-4-8(6-18-11)12(16)10-5-9(15)3-7-1-2-17-13(7)10/h3-6,12,16H,1-2H2. The van der Waals surface area contributed by atoms with Crippen LogP contribution in [-0.2, 0) is 6.42 Å². The normalized spacial score (nSPS) is 15.3. The van der Waals surface area contributed by atoms with Crippen LogP contribution in [0.5, 0.6) is 5.75 Å². The molecule has 1 aliphatic heterocycles. The second-order valence-electron chi connectivity index (χ2n) is 4.17. The van der Waals surface area contributed by atoms with Crippen LogP contribution >= 0.6 is 49.9 Å². The summed E-state index contributed by atoms with van der Waals surface area (Å²) < 4.78 is 7.83. The number of hydrogen-bond acceptors (Lipinski definition) is 3. The van der Waals surface area contributed by atoms with Crippen molar-refractivity contribution in [3.05, 3.63) is 47.6 Å². The van der Waals surface area contributed by atoms with E-state index in [0.717, 1.165) is 30.7 Å². The van der Waals surface area contributed by atoms with Crippen LogP contribution in [0.2, 0.25) is 0 Å². The van der Waals surface area contributed by atoms with E-state index in [0.29, 0.717) is 6.61 Å². The molecule has 0 aliphatic carbocycles. The summed E-state index contributed by atoms with van der Waals surface area (Å²) in [5.41, 5.74) is 2.98. The Balaban J connectivity index is 2.06. The van der Waals surface area contributed by atoms with E-state index >= 15 is 0 Å². The molecule has 0 fully saturated rings. The van der Waals surface area contributed by atoms with Crippen LogP contribution < -0.4 is 4.74 Å². The third-order valence-corrected chi connectivity index (χ3v) is 5.12. The first kappa shape index (κ1) is 12.9. The van der Waals surface area contributed by atoms with Crippen LogP contribution in [-0.4, -0.2) is 11.7 Å². The summed E-state index contributed by atoms with van der Waals surface area (Å²) in [6.45, 7) is 0.711. The average molecular weight is 437 g/mol. The Morgan fingerprint density at radius 3 is 2.94 bits per heavy atom. The summed E-state index contributed by atoms with van der Waals surface area (Å²) >= 11 is 7.29. The molecule has 2 heterocycles. The number of rotatable bonds is 2. The van der Waals surface area contributed by atoms with Crippen LogP contribution in [0.25, 0.3) is 0 Å². The monoisotopic (exact) mass is 436 g/mol. The molecule has 0 amide bonds. The number of ether oxygens (including phenoxy) is 1.